The van der Waals surface area contributed by atoms with Gasteiger partial charge in [-0.1, -0.05) is 23.7 Å². The van der Waals surface area contributed by atoms with Crippen molar-refractivity contribution in [1.29, 1.82) is 0 Å². The summed E-state index contributed by atoms with van der Waals surface area (Å²) in [6.45, 7) is 2.66. The molecule has 5 heterocycles. The van der Waals surface area contributed by atoms with Gasteiger partial charge in [0.1, 0.15) is 35.4 Å². The highest BCUT2D eigenvalue weighted by atomic mass is 35.5. The van der Waals surface area contributed by atoms with Crippen LogP contribution in [0.1, 0.15) is 36.6 Å². The van der Waals surface area contributed by atoms with E-state index in [1.807, 2.05) is 41.8 Å². The average Bonchev–Trinajstić information content (AvgIpc) is 3.48. The Hall–Kier alpha value is -4.81. The van der Waals surface area contributed by atoms with Crippen molar-refractivity contribution in [3.63, 3.8) is 0 Å². The molecule has 1 aliphatic heterocycles. The number of alkyl halides is 3. The van der Waals surface area contributed by atoms with Crippen LogP contribution in [0.5, 0.6) is 0 Å². The van der Waals surface area contributed by atoms with Gasteiger partial charge in [-0.15, -0.1) is 0 Å². The summed E-state index contributed by atoms with van der Waals surface area (Å²) in [7, 11) is 0. The molecule has 1 saturated heterocycles. The van der Waals surface area contributed by atoms with Gasteiger partial charge in [0.15, 0.2) is 5.65 Å². The molecule has 0 spiro atoms. The summed E-state index contributed by atoms with van der Waals surface area (Å²) in [4.78, 5) is 22.9. The zero-order chi connectivity index (χ0) is 31.1. The second-order valence-electron chi connectivity index (χ2n) is 10.7. The maximum Gasteiger partial charge on any atom is 0.417 e. The van der Waals surface area contributed by atoms with Crippen LogP contribution in [0.3, 0.4) is 0 Å². The summed E-state index contributed by atoms with van der Waals surface area (Å²) in [6.07, 6.45) is 4.83. The molecule has 1 unspecified atom stereocenters. The second-order valence-corrected chi connectivity index (χ2v) is 11.1. The molecule has 2 N–H and O–H groups in total. The fourth-order valence-electron chi connectivity index (χ4n) is 5.60. The van der Waals surface area contributed by atoms with E-state index in [2.05, 4.69) is 35.6 Å². The van der Waals surface area contributed by atoms with Crippen molar-refractivity contribution in [3.05, 3.63) is 89.7 Å². The molecule has 0 amide bonds. The molecule has 7 rings (SSSR count). The number of nitrogens with zero attached hydrogens (tertiary/aromatic N) is 6. The van der Waals surface area contributed by atoms with Gasteiger partial charge >= 0.3 is 6.18 Å². The van der Waals surface area contributed by atoms with Crippen LogP contribution in [0.4, 0.5) is 36.2 Å². The highest BCUT2D eigenvalue weighted by Gasteiger charge is 2.33. The Kier molecular flexibility index (Phi) is 7.46. The lowest BCUT2D eigenvalue weighted by Gasteiger charge is -2.23. The number of ether oxygens (including phenoxy) is 1. The van der Waals surface area contributed by atoms with Gasteiger partial charge in [0, 0.05) is 41.0 Å². The lowest BCUT2D eigenvalue weighted by Crippen LogP contribution is -2.17. The van der Waals surface area contributed by atoms with E-state index >= 15 is 0 Å². The molecule has 1 atom stereocenters. The summed E-state index contributed by atoms with van der Waals surface area (Å²) in [6, 6.07) is 13.1. The molecule has 228 valence electrons. The second kappa shape index (κ2) is 11.6. The number of hydrogen-bond acceptors (Lipinski definition) is 8. The van der Waals surface area contributed by atoms with Crippen LogP contribution < -0.4 is 10.6 Å². The Labute approximate surface area is 260 Å². The number of anilines is 4. The van der Waals surface area contributed by atoms with E-state index in [-0.39, 0.29) is 16.9 Å². The normalized spacial score (nSPS) is 15.4. The van der Waals surface area contributed by atoms with E-state index in [0.29, 0.717) is 40.5 Å². The van der Waals surface area contributed by atoms with Gasteiger partial charge in [0.05, 0.1) is 22.6 Å². The molecule has 45 heavy (non-hydrogen) atoms. The molecular weight excluding hydrogens is 605 g/mol. The number of rotatable bonds is 6. The third-order valence-electron chi connectivity index (χ3n) is 7.82. The van der Waals surface area contributed by atoms with E-state index < -0.39 is 11.7 Å². The smallest absolute Gasteiger partial charge is 0.358 e. The Morgan fingerprint density at radius 2 is 1.78 bits per heavy atom. The molecular formula is C32H26ClF3N8O. The third kappa shape index (κ3) is 5.51. The first-order valence-electron chi connectivity index (χ1n) is 14.3. The minimum Gasteiger partial charge on any atom is -0.358 e. The van der Waals surface area contributed by atoms with Crippen LogP contribution in [0.25, 0.3) is 33.2 Å². The predicted octanol–water partition coefficient (Wildman–Crippen LogP) is 8.60. The molecule has 2 aromatic carbocycles. The van der Waals surface area contributed by atoms with Crippen LogP contribution in [-0.4, -0.2) is 36.1 Å². The predicted molar refractivity (Wildman–Crippen MR) is 167 cm³/mol. The van der Waals surface area contributed by atoms with Crippen molar-refractivity contribution in [2.45, 2.75) is 38.6 Å². The number of aryl methyl sites for hydroxylation is 1. The Morgan fingerprint density at radius 3 is 2.60 bits per heavy atom. The Balaban J connectivity index is 1.27. The Morgan fingerprint density at radius 1 is 0.911 bits per heavy atom. The number of benzene rings is 2. The number of fused-ring (bicyclic) bond motifs is 2. The summed E-state index contributed by atoms with van der Waals surface area (Å²) >= 11 is 5.82. The summed E-state index contributed by atoms with van der Waals surface area (Å²) < 4.78 is 48.4. The van der Waals surface area contributed by atoms with Gasteiger partial charge in [-0.2, -0.15) is 13.2 Å². The minimum atomic E-state index is -4.59. The first kappa shape index (κ1) is 28.9. The SMILES string of the molecule is Cc1ccc2c(Nc3ccc(Cl)c(C(F)(F)F)c3)nccc2c1Nc1ncccc1-c1ncnc2c1ncn2C1CCCCO1. The third-order valence-corrected chi connectivity index (χ3v) is 8.15. The molecule has 1 aliphatic rings. The van der Waals surface area contributed by atoms with Gasteiger partial charge in [-0.25, -0.2) is 24.9 Å². The lowest BCUT2D eigenvalue weighted by atomic mass is 10.0. The van der Waals surface area contributed by atoms with Crippen molar-refractivity contribution in [1.82, 2.24) is 29.5 Å². The molecule has 0 bridgehead atoms. The van der Waals surface area contributed by atoms with E-state index in [0.717, 1.165) is 47.5 Å². The molecule has 4 aromatic heterocycles. The van der Waals surface area contributed by atoms with E-state index in [4.69, 9.17) is 16.3 Å². The monoisotopic (exact) mass is 630 g/mol. The van der Waals surface area contributed by atoms with Crippen molar-refractivity contribution in [2.24, 2.45) is 0 Å². The standard InChI is InChI=1S/C32H26ClF3N8O/c1-18-7-9-21-20(11-13-38-29(21)42-19-8-10-24(33)23(15-19)32(34,35)36)26(18)43-30-22(5-4-12-37-30)27-28-31(40-16-39-27)44(17-41-28)25-6-2-3-14-45-25/h4-5,7-13,15-17,25H,2-3,6,14H2,1H3,(H,37,43)(H,38,42). The van der Waals surface area contributed by atoms with E-state index in [9.17, 15) is 13.2 Å². The number of imidazole rings is 1. The van der Waals surface area contributed by atoms with Crippen LogP contribution in [0.2, 0.25) is 5.02 Å². The van der Waals surface area contributed by atoms with Crippen LogP contribution in [0, 0.1) is 6.92 Å². The zero-order valence-electron chi connectivity index (χ0n) is 23.9. The molecule has 9 nitrogen and oxygen atoms in total. The fourth-order valence-corrected chi connectivity index (χ4v) is 5.83. The topological polar surface area (TPSA) is 103 Å². The molecule has 1 fully saturated rings. The molecule has 0 radical (unpaired) electrons. The van der Waals surface area contributed by atoms with Gasteiger partial charge in [-0.05, 0) is 68.1 Å². The summed E-state index contributed by atoms with van der Waals surface area (Å²) in [5.74, 6) is 0.940. The minimum absolute atomic E-state index is 0.124. The summed E-state index contributed by atoms with van der Waals surface area (Å²) in [5.41, 5.74) is 3.63. The van der Waals surface area contributed by atoms with Gasteiger partial charge < -0.3 is 15.4 Å². The molecule has 0 aliphatic carbocycles. The van der Waals surface area contributed by atoms with Crippen molar-refractivity contribution in [3.8, 4) is 11.3 Å². The fraction of sp³-hybridized carbons (Fsp3) is 0.219. The first-order chi connectivity index (χ1) is 21.8. The molecule has 6 aromatic rings. The quantitative estimate of drug-likeness (QED) is 0.189. The van der Waals surface area contributed by atoms with Crippen molar-refractivity contribution < 1.29 is 17.9 Å². The number of nitrogens with one attached hydrogen (secondary N) is 2. The maximum absolute atomic E-state index is 13.5. The lowest BCUT2D eigenvalue weighted by molar-refractivity contribution is -0.137. The summed E-state index contributed by atoms with van der Waals surface area (Å²) in [5, 5.41) is 7.64. The number of hydrogen-bond donors (Lipinski definition) is 2. The van der Waals surface area contributed by atoms with Crippen molar-refractivity contribution >= 4 is 56.5 Å². The van der Waals surface area contributed by atoms with Crippen LogP contribution in [-0.2, 0) is 10.9 Å². The largest absolute Gasteiger partial charge is 0.417 e. The van der Waals surface area contributed by atoms with Gasteiger partial charge in [0.2, 0.25) is 0 Å². The van der Waals surface area contributed by atoms with Gasteiger partial charge in [-0.3, -0.25) is 4.57 Å². The molecule has 0 saturated carbocycles. The maximum atomic E-state index is 13.5. The average molecular weight is 631 g/mol. The van der Waals surface area contributed by atoms with Gasteiger partial charge in [0.25, 0.3) is 0 Å². The number of aromatic nitrogens is 6. The number of halogens is 4. The van der Waals surface area contributed by atoms with E-state index in [1.165, 1.54) is 18.5 Å². The van der Waals surface area contributed by atoms with Crippen molar-refractivity contribution in [2.75, 3.05) is 17.2 Å². The van der Waals surface area contributed by atoms with Crippen LogP contribution in [0.15, 0.2) is 73.6 Å². The Bertz CT molecular complexity index is 2040. The van der Waals surface area contributed by atoms with E-state index in [1.54, 1.807) is 18.7 Å². The number of pyridine rings is 2. The zero-order valence-corrected chi connectivity index (χ0v) is 24.7. The first-order valence-corrected chi connectivity index (χ1v) is 14.7. The highest BCUT2D eigenvalue weighted by Crippen LogP contribution is 2.39. The van der Waals surface area contributed by atoms with Crippen LogP contribution >= 0.6 is 11.6 Å². The molecule has 13 heteroatoms. The highest BCUT2D eigenvalue weighted by molar-refractivity contribution is 6.31.